The summed E-state index contributed by atoms with van der Waals surface area (Å²) in [4.78, 5) is 1.11. The van der Waals surface area contributed by atoms with Crippen LogP contribution >= 0.6 is 39.9 Å². The third kappa shape index (κ3) is 1.53. The number of aryl methyl sites for hydroxylation is 1. The van der Waals surface area contributed by atoms with E-state index in [1.165, 1.54) is 21.2 Å². The molecule has 0 aliphatic carbocycles. The number of benzene rings is 1. The van der Waals surface area contributed by atoms with Gasteiger partial charge in [-0.2, -0.15) is 0 Å². The number of thiol groups is 1. The molecule has 2 rings (SSSR count). The molecule has 2 aromatic rings. The first-order valence-corrected chi connectivity index (χ1v) is 6.43. The lowest BCUT2D eigenvalue weighted by molar-refractivity contribution is 1.25. The number of fused-ring (bicyclic) bond motifs is 1. The van der Waals surface area contributed by atoms with Gasteiger partial charge in [0.15, 0.2) is 0 Å². The van der Waals surface area contributed by atoms with Gasteiger partial charge in [-0.25, -0.2) is 0 Å². The third-order valence-electron chi connectivity index (χ3n) is 2.16. The van der Waals surface area contributed by atoms with Crippen molar-refractivity contribution in [1.82, 2.24) is 0 Å². The molecule has 3 heteroatoms. The highest BCUT2D eigenvalue weighted by Gasteiger charge is 2.07. The van der Waals surface area contributed by atoms with Crippen molar-refractivity contribution in [3.05, 3.63) is 28.6 Å². The standard InChI is InChI=1S/C10H9BrS2/c1-6-4-9-7(2-3-13-9)8(5-11)10(6)12/h2-4,12H,5H2,1H3. The topological polar surface area (TPSA) is 0 Å². The van der Waals surface area contributed by atoms with Crippen LogP contribution in [-0.2, 0) is 5.33 Å². The number of rotatable bonds is 1. The van der Waals surface area contributed by atoms with Crippen molar-refractivity contribution in [2.75, 3.05) is 0 Å². The molecule has 1 heterocycles. The second-order valence-electron chi connectivity index (χ2n) is 2.99. The minimum absolute atomic E-state index is 0.876. The number of hydrogen-bond acceptors (Lipinski definition) is 2. The zero-order valence-corrected chi connectivity index (χ0v) is 10.5. The summed E-state index contributed by atoms with van der Waals surface area (Å²) in [6, 6.07) is 4.37. The van der Waals surface area contributed by atoms with E-state index in [0.717, 1.165) is 10.2 Å². The molecule has 0 bridgehead atoms. The summed E-state index contributed by atoms with van der Waals surface area (Å²) in [7, 11) is 0. The molecule has 1 aromatic carbocycles. The van der Waals surface area contributed by atoms with E-state index in [9.17, 15) is 0 Å². The average Bonchev–Trinajstić information content (AvgIpc) is 2.54. The zero-order valence-electron chi connectivity index (χ0n) is 7.17. The molecular formula is C10H9BrS2. The summed E-state index contributed by atoms with van der Waals surface area (Å²) < 4.78 is 1.35. The molecule has 0 aliphatic heterocycles. The molecule has 68 valence electrons. The lowest BCUT2D eigenvalue weighted by Crippen LogP contribution is -1.85. The normalized spacial score (nSPS) is 11.0. The summed E-state index contributed by atoms with van der Waals surface area (Å²) in [6.07, 6.45) is 0. The first kappa shape index (κ1) is 9.56. The van der Waals surface area contributed by atoms with Crippen molar-refractivity contribution >= 4 is 50.0 Å². The second-order valence-corrected chi connectivity index (χ2v) is 4.94. The highest BCUT2D eigenvalue weighted by atomic mass is 79.9. The van der Waals surface area contributed by atoms with E-state index in [-0.39, 0.29) is 0 Å². The third-order valence-corrected chi connectivity index (χ3v) is 4.21. The van der Waals surface area contributed by atoms with Crippen LogP contribution in [0.2, 0.25) is 0 Å². The van der Waals surface area contributed by atoms with Crippen molar-refractivity contribution < 1.29 is 0 Å². The van der Waals surface area contributed by atoms with Crippen LogP contribution in [0.1, 0.15) is 11.1 Å². The van der Waals surface area contributed by atoms with Crippen molar-refractivity contribution in [1.29, 1.82) is 0 Å². The summed E-state index contributed by atoms with van der Waals surface area (Å²) in [5.41, 5.74) is 2.56. The fourth-order valence-electron chi connectivity index (χ4n) is 1.45. The molecule has 0 saturated heterocycles. The van der Waals surface area contributed by atoms with Crippen LogP contribution in [0.4, 0.5) is 0 Å². The summed E-state index contributed by atoms with van der Waals surface area (Å²) >= 11 is 9.81. The molecular weight excluding hydrogens is 264 g/mol. The molecule has 0 radical (unpaired) electrons. The number of halogens is 1. The van der Waals surface area contributed by atoms with Crippen LogP contribution in [0, 0.1) is 6.92 Å². The molecule has 0 fully saturated rings. The minimum atomic E-state index is 0.876. The van der Waals surface area contributed by atoms with Crippen molar-refractivity contribution in [3.8, 4) is 0 Å². The van der Waals surface area contributed by atoms with Gasteiger partial charge in [-0.1, -0.05) is 15.9 Å². The highest BCUT2D eigenvalue weighted by molar-refractivity contribution is 9.08. The molecule has 0 amide bonds. The number of alkyl halides is 1. The second kappa shape index (κ2) is 3.64. The Morgan fingerprint density at radius 2 is 2.31 bits per heavy atom. The van der Waals surface area contributed by atoms with Gasteiger partial charge in [-0.05, 0) is 40.9 Å². The van der Waals surface area contributed by atoms with E-state index in [1.807, 2.05) is 0 Å². The van der Waals surface area contributed by atoms with Crippen LogP contribution in [0.15, 0.2) is 22.4 Å². The van der Waals surface area contributed by atoms with Gasteiger partial charge >= 0.3 is 0 Å². The molecule has 0 unspecified atom stereocenters. The van der Waals surface area contributed by atoms with Gasteiger partial charge in [0, 0.05) is 14.9 Å². The molecule has 0 aliphatic rings. The Hall–Kier alpha value is 0.01000. The van der Waals surface area contributed by atoms with Crippen LogP contribution in [0.25, 0.3) is 10.1 Å². The largest absolute Gasteiger partial charge is 0.144 e. The Morgan fingerprint density at radius 1 is 1.54 bits per heavy atom. The van der Waals surface area contributed by atoms with E-state index in [4.69, 9.17) is 0 Å². The van der Waals surface area contributed by atoms with Gasteiger partial charge in [0.2, 0.25) is 0 Å². The summed E-state index contributed by atoms with van der Waals surface area (Å²) in [5, 5.41) is 4.34. The Morgan fingerprint density at radius 3 is 3.00 bits per heavy atom. The Bertz CT molecular complexity index is 445. The minimum Gasteiger partial charge on any atom is -0.144 e. The van der Waals surface area contributed by atoms with E-state index < -0.39 is 0 Å². The Labute approximate surface area is 95.5 Å². The Kier molecular flexibility index (Phi) is 2.67. The first-order valence-electron chi connectivity index (χ1n) is 3.98. The smallest absolute Gasteiger partial charge is 0.0349 e. The van der Waals surface area contributed by atoms with Crippen LogP contribution in [0.5, 0.6) is 0 Å². The molecule has 0 N–H and O–H groups in total. The van der Waals surface area contributed by atoms with E-state index >= 15 is 0 Å². The molecule has 0 saturated carbocycles. The van der Waals surface area contributed by atoms with Gasteiger partial charge in [0.05, 0.1) is 0 Å². The van der Waals surface area contributed by atoms with Crippen LogP contribution < -0.4 is 0 Å². The maximum Gasteiger partial charge on any atom is 0.0349 e. The molecule has 0 nitrogen and oxygen atoms in total. The first-order chi connectivity index (χ1) is 6.24. The fraction of sp³-hybridized carbons (Fsp3) is 0.200. The monoisotopic (exact) mass is 272 g/mol. The summed E-state index contributed by atoms with van der Waals surface area (Å²) in [6.45, 7) is 2.10. The molecule has 13 heavy (non-hydrogen) atoms. The van der Waals surface area contributed by atoms with Gasteiger partial charge in [-0.15, -0.1) is 24.0 Å². The predicted octanol–water partition coefficient (Wildman–Crippen LogP) is 4.39. The Balaban J connectivity index is 2.87. The number of thiophene rings is 1. The average molecular weight is 273 g/mol. The van der Waals surface area contributed by atoms with Crippen molar-refractivity contribution in [3.63, 3.8) is 0 Å². The van der Waals surface area contributed by atoms with Gasteiger partial charge < -0.3 is 0 Å². The maximum absolute atomic E-state index is 4.52. The van der Waals surface area contributed by atoms with Crippen molar-refractivity contribution in [2.45, 2.75) is 17.1 Å². The van der Waals surface area contributed by atoms with Gasteiger partial charge in [-0.3, -0.25) is 0 Å². The molecule has 1 aromatic heterocycles. The number of hydrogen-bond donors (Lipinski definition) is 1. The molecule has 0 spiro atoms. The van der Waals surface area contributed by atoms with E-state index in [2.05, 4.69) is 53.0 Å². The van der Waals surface area contributed by atoms with E-state index in [0.29, 0.717) is 0 Å². The SMILES string of the molecule is Cc1cc2sccc2c(CBr)c1S. The fourth-order valence-corrected chi connectivity index (χ4v) is 3.42. The van der Waals surface area contributed by atoms with Crippen molar-refractivity contribution in [2.24, 2.45) is 0 Å². The lowest BCUT2D eigenvalue weighted by Gasteiger charge is -2.06. The zero-order chi connectivity index (χ0) is 9.42. The van der Waals surface area contributed by atoms with Gasteiger partial charge in [0.25, 0.3) is 0 Å². The van der Waals surface area contributed by atoms with Gasteiger partial charge in [0.1, 0.15) is 0 Å². The highest BCUT2D eigenvalue weighted by Crippen LogP contribution is 2.32. The lowest BCUT2D eigenvalue weighted by atomic mass is 10.1. The maximum atomic E-state index is 4.52. The quantitative estimate of drug-likeness (QED) is 0.578. The predicted molar refractivity (Wildman–Crippen MR) is 66.4 cm³/mol. The van der Waals surface area contributed by atoms with E-state index in [1.54, 1.807) is 11.3 Å². The summed E-state index contributed by atoms with van der Waals surface area (Å²) in [5.74, 6) is 0. The molecule has 0 atom stereocenters. The van der Waals surface area contributed by atoms with Crippen LogP contribution in [0.3, 0.4) is 0 Å². The van der Waals surface area contributed by atoms with Crippen LogP contribution in [-0.4, -0.2) is 0 Å².